The molecule has 92 valence electrons. The van der Waals surface area contributed by atoms with Crippen LogP contribution >= 0.6 is 0 Å². The maximum Gasteiger partial charge on any atom is 0.417 e. The van der Waals surface area contributed by atoms with Gasteiger partial charge in [0.25, 0.3) is 0 Å². The van der Waals surface area contributed by atoms with E-state index < -0.39 is 11.7 Å². The Bertz CT molecular complexity index is 402. The number of alkyl halides is 3. The third-order valence-electron chi connectivity index (χ3n) is 2.90. The lowest BCUT2D eigenvalue weighted by Gasteiger charge is -2.11. The fourth-order valence-corrected chi connectivity index (χ4v) is 1.94. The Morgan fingerprint density at radius 1 is 1.41 bits per heavy atom. The van der Waals surface area contributed by atoms with Gasteiger partial charge in [-0.25, -0.2) is 0 Å². The average Bonchev–Trinajstić information content (AvgIpc) is 2.76. The molecule has 17 heavy (non-hydrogen) atoms. The molecule has 1 aromatic rings. The zero-order chi connectivity index (χ0) is 12.5. The van der Waals surface area contributed by atoms with Crippen LogP contribution in [-0.2, 0) is 11.0 Å². The number of aromatic nitrogens is 1. The SMILES string of the molecule is O=CN1CCC(c2ccc(C(F)(F)F)cn2)C1. The Labute approximate surface area is 96.3 Å². The average molecular weight is 244 g/mol. The third kappa shape index (κ3) is 2.57. The summed E-state index contributed by atoms with van der Waals surface area (Å²) < 4.78 is 37.0. The number of halogens is 3. The number of likely N-dealkylation sites (tertiary alicyclic amines) is 1. The molecule has 0 aromatic carbocycles. The van der Waals surface area contributed by atoms with E-state index in [1.165, 1.54) is 6.07 Å². The first kappa shape index (κ1) is 11.9. The largest absolute Gasteiger partial charge is 0.417 e. The van der Waals surface area contributed by atoms with Crippen LogP contribution < -0.4 is 0 Å². The van der Waals surface area contributed by atoms with Crippen molar-refractivity contribution in [3.63, 3.8) is 0 Å². The number of nitrogens with zero attached hydrogens (tertiary/aromatic N) is 2. The predicted octanol–water partition coefficient (Wildman–Crippen LogP) is 2.05. The van der Waals surface area contributed by atoms with Crippen molar-refractivity contribution in [2.45, 2.75) is 18.5 Å². The Balaban J connectivity index is 2.11. The zero-order valence-electron chi connectivity index (χ0n) is 8.94. The van der Waals surface area contributed by atoms with Crippen LogP contribution in [0.3, 0.4) is 0 Å². The first-order valence-corrected chi connectivity index (χ1v) is 5.23. The molecule has 0 saturated carbocycles. The van der Waals surface area contributed by atoms with Gasteiger partial charge in [-0.2, -0.15) is 13.2 Å². The van der Waals surface area contributed by atoms with E-state index >= 15 is 0 Å². The van der Waals surface area contributed by atoms with Crippen LogP contribution in [0.15, 0.2) is 18.3 Å². The van der Waals surface area contributed by atoms with Crippen molar-refractivity contribution < 1.29 is 18.0 Å². The zero-order valence-corrected chi connectivity index (χ0v) is 8.94. The molecule has 3 nitrogen and oxygen atoms in total. The van der Waals surface area contributed by atoms with Crippen LogP contribution in [0, 0.1) is 0 Å². The lowest BCUT2D eigenvalue weighted by molar-refractivity contribution is -0.137. The van der Waals surface area contributed by atoms with Crippen LogP contribution in [0.5, 0.6) is 0 Å². The smallest absolute Gasteiger partial charge is 0.345 e. The Morgan fingerprint density at radius 2 is 2.18 bits per heavy atom. The van der Waals surface area contributed by atoms with E-state index in [9.17, 15) is 18.0 Å². The van der Waals surface area contributed by atoms with Crippen molar-refractivity contribution in [2.24, 2.45) is 0 Å². The summed E-state index contributed by atoms with van der Waals surface area (Å²) in [6, 6.07) is 2.42. The van der Waals surface area contributed by atoms with Crippen molar-refractivity contribution in [2.75, 3.05) is 13.1 Å². The summed E-state index contributed by atoms with van der Waals surface area (Å²) in [7, 11) is 0. The minimum absolute atomic E-state index is 0.0440. The van der Waals surface area contributed by atoms with Gasteiger partial charge in [0, 0.05) is 30.9 Å². The second-order valence-electron chi connectivity index (χ2n) is 4.06. The number of hydrogen-bond acceptors (Lipinski definition) is 2. The summed E-state index contributed by atoms with van der Waals surface area (Å²) in [5.41, 5.74) is -0.131. The van der Waals surface area contributed by atoms with Gasteiger partial charge in [-0.1, -0.05) is 0 Å². The lowest BCUT2D eigenvalue weighted by Crippen LogP contribution is -2.17. The number of hydrogen-bond donors (Lipinski definition) is 0. The van der Waals surface area contributed by atoms with E-state index in [-0.39, 0.29) is 5.92 Å². The molecule has 0 aliphatic carbocycles. The number of amides is 1. The molecule has 1 aliphatic heterocycles. The fraction of sp³-hybridized carbons (Fsp3) is 0.455. The molecule has 0 radical (unpaired) electrons. The molecule has 1 amide bonds. The summed E-state index contributed by atoms with van der Waals surface area (Å²) in [4.78, 5) is 16.0. The molecular formula is C11H11F3N2O. The minimum atomic E-state index is -4.35. The second kappa shape index (κ2) is 4.35. The van der Waals surface area contributed by atoms with Gasteiger partial charge < -0.3 is 4.90 Å². The Morgan fingerprint density at radius 3 is 2.65 bits per heavy atom. The summed E-state index contributed by atoms with van der Waals surface area (Å²) in [6.07, 6.45) is -2.00. The molecule has 1 aromatic heterocycles. The van der Waals surface area contributed by atoms with Crippen LogP contribution in [0.1, 0.15) is 23.6 Å². The van der Waals surface area contributed by atoms with Crippen LogP contribution in [0.4, 0.5) is 13.2 Å². The molecule has 1 unspecified atom stereocenters. The topological polar surface area (TPSA) is 33.2 Å². The van der Waals surface area contributed by atoms with E-state index in [2.05, 4.69) is 4.98 Å². The standard InChI is InChI=1S/C11H11F3N2O/c12-11(13,14)9-1-2-10(15-5-9)8-3-4-16(6-8)7-17/h1-2,5,7-8H,3-4,6H2. The van der Waals surface area contributed by atoms with E-state index in [1.54, 1.807) is 4.90 Å². The molecule has 1 atom stereocenters. The molecule has 1 fully saturated rings. The van der Waals surface area contributed by atoms with Gasteiger partial charge in [-0.3, -0.25) is 9.78 Å². The molecule has 2 rings (SSSR count). The molecule has 6 heteroatoms. The molecule has 1 aliphatic rings. The number of rotatable bonds is 2. The van der Waals surface area contributed by atoms with E-state index in [0.717, 1.165) is 25.1 Å². The van der Waals surface area contributed by atoms with Crippen LogP contribution in [0.25, 0.3) is 0 Å². The van der Waals surface area contributed by atoms with Crippen molar-refractivity contribution >= 4 is 6.41 Å². The number of pyridine rings is 1. The van der Waals surface area contributed by atoms with Crippen molar-refractivity contribution in [1.82, 2.24) is 9.88 Å². The Kier molecular flexibility index (Phi) is 3.04. The number of carbonyl (C=O) groups is 1. The van der Waals surface area contributed by atoms with Crippen molar-refractivity contribution in [1.29, 1.82) is 0 Å². The molecular weight excluding hydrogens is 233 g/mol. The highest BCUT2D eigenvalue weighted by atomic mass is 19.4. The third-order valence-corrected chi connectivity index (χ3v) is 2.90. The van der Waals surface area contributed by atoms with Crippen LogP contribution in [0.2, 0.25) is 0 Å². The normalized spacial score (nSPS) is 20.6. The van der Waals surface area contributed by atoms with Crippen LogP contribution in [-0.4, -0.2) is 29.4 Å². The highest BCUT2D eigenvalue weighted by molar-refractivity contribution is 5.48. The summed E-state index contributed by atoms with van der Waals surface area (Å²) in [5.74, 6) is 0.0440. The number of carbonyl (C=O) groups excluding carboxylic acids is 1. The van der Waals surface area contributed by atoms with Gasteiger partial charge in [0.2, 0.25) is 6.41 Å². The first-order valence-electron chi connectivity index (χ1n) is 5.23. The van der Waals surface area contributed by atoms with Gasteiger partial charge in [0.1, 0.15) is 0 Å². The highest BCUT2D eigenvalue weighted by Gasteiger charge is 2.31. The van der Waals surface area contributed by atoms with Crippen molar-refractivity contribution in [3.05, 3.63) is 29.6 Å². The van der Waals surface area contributed by atoms with E-state index in [1.807, 2.05) is 0 Å². The molecule has 1 saturated heterocycles. The monoisotopic (exact) mass is 244 g/mol. The molecule has 0 N–H and O–H groups in total. The molecule has 2 heterocycles. The quantitative estimate of drug-likeness (QED) is 0.746. The summed E-state index contributed by atoms with van der Waals surface area (Å²) in [6.45, 7) is 1.17. The second-order valence-corrected chi connectivity index (χ2v) is 4.06. The highest BCUT2D eigenvalue weighted by Crippen LogP contribution is 2.30. The predicted molar refractivity (Wildman–Crippen MR) is 54.2 cm³/mol. The van der Waals surface area contributed by atoms with Gasteiger partial charge in [0.05, 0.1) is 5.56 Å². The molecule has 0 spiro atoms. The van der Waals surface area contributed by atoms with Gasteiger partial charge in [-0.15, -0.1) is 0 Å². The van der Waals surface area contributed by atoms with Gasteiger partial charge >= 0.3 is 6.18 Å². The summed E-state index contributed by atoms with van der Waals surface area (Å²) >= 11 is 0. The Hall–Kier alpha value is -1.59. The van der Waals surface area contributed by atoms with Crippen molar-refractivity contribution in [3.8, 4) is 0 Å². The first-order chi connectivity index (χ1) is 8.00. The fourth-order valence-electron chi connectivity index (χ4n) is 1.94. The maximum atomic E-state index is 12.3. The van der Waals surface area contributed by atoms with Gasteiger partial charge in [-0.05, 0) is 18.6 Å². The van der Waals surface area contributed by atoms with E-state index in [4.69, 9.17) is 0 Å². The minimum Gasteiger partial charge on any atom is -0.345 e. The molecule has 0 bridgehead atoms. The lowest BCUT2D eigenvalue weighted by atomic mass is 10.0. The van der Waals surface area contributed by atoms with E-state index in [0.29, 0.717) is 18.8 Å². The van der Waals surface area contributed by atoms with Gasteiger partial charge in [0.15, 0.2) is 0 Å². The summed E-state index contributed by atoms with van der Waals surface area (Å²) in [5, 5.41) is 0. The maximum absolute atomic E-state index is 12.3.